The molecule has 3 nitrogen and oxygen atoms in total. The van der Waals surface area contributed by atoms with Gasteiger partial charge in [0.15, 0.2) is 0 Å². The molecule has 0 amide bonds. The van der Waals surface area contributed by atoms with Crippen LogP contribution in [0.2, 0.25) is 0 Å². The van der Waals surface area contributed by atoms with Gasteiger partial charge in [-0.15, -0.1) is 0 Å². The molecule has 0 bridgehead atoms. The summed E-state index contributed by atoms with van der Waals surface area (Å²) in [5, 5.41) is 1.82. The van der Waals surface area contributed by atoms with E-state index >= 15 is 0 Å². The summed E-state index contributed by atoms with van der Waals surface area (Å²) in [4.78, 5) is 0. The molecule has 0 spiro atoms. The van der Waals surface area contributed by atoms with E-state index in [9.17, 15) is 8.42 Å². The Morgan fingerprint density at radius 1 is 0.690 bits per heavy atom. The fourth-order valence-electron chi connectivity index (χ4n) is 3.57. The van der Waals surface area contributed by atoms with Crippen molar-refractivity contribution in [1.82, 2.24) is 0 Å². The van der Waals surface area contributed by atoms with E-state index in [4.69, 9.17) is 4.18 Å². The molecule has 0 atom stereocenters. The fourth-order valence-corrected chi connectivity index (χ4v) is 4.63. The van der Waals surface area contributed by atoms with Crippen LogP contribution in [0, 0.1) is 0 Å². The molecule has 5 heteroatoms. The molecule has 158 valence electrons. The molecule has 0 fully saturated rings. The third-order valence-corrected chi connectivity index (χ3v) is 6.44. The molecule has 0 unspecified atom stereocenters. The van der Waals surface area contributed by atoms with Crippen LogP contribution in [-0.2, 0) is 10.1 Å². The third kappa shape index (κ3) is 11.3. The molecule has 0 aliphatic heterocycles. The summed E-state index contributed by atoms with van der Waals surface area (Å²) in [6, 6.07) is 13.2. The van der Waals surface area contributed by atoms with Crippen molar-refractivity contribution in [2.45, 2.75) is 84.0 Å². The molecular formula is C24H37KO3S. The minimum absolute atomic E-state index is 0. The van der Waals surface area contributed by atoms with Gasteiger partial charge in [0.05, 0.1) is 5.75 Å². The van der Waals surface area contributed by atoms with Gasteiger partial charge < -0.3 is 4.18 Å². The predicted molar refractivity (Wildman–Crippen MR) is 127 cm³/mol. The summed E-state index contributed by atoms with van der Waals surface area (Å²) < 4.78 is 30.0. The number of benzene rings is 2. The Labute approximate surface area is 220 Å². The van der Waals surface area contributed by atoms with Crippen LogP contribution in [-0.4, -0.2) is 65.6 Å². The van der Waals surface area contributed by atoms with Gasteiger partial charge in [0.25, 0.3) is 0 Å². The zero-order chi connectivity index (χ0) is 20.1. The molecule has 0 aliphatic rings. The van der Waals surface area contributed by atoms with Gasteiger partial charge in [0.1, 0.15) is 5.75 Å². The monoisotopic (exact) mass is 444 g/mol. The Bertz CT molecular complexity index is 784. The zero-order valence-electron chi connectivity index (χ0n) is 17.4. The average molecular weight is 445 g/mol. The van der Waals surface area contributed by atoms with Gasteiger partial charge >= 0.3 is 61.5 Å². The Morgan fingerprint density at radius 2 is 1.21 bits per heavy atom. The maximum absolute atomic E-state index is 12.3. The van der Waals surface area contributed by atoms with Crippen LogP contribution in [0.3, 0.4) is 0 Å². The molecule has 2 aromatic rings. The van der Waals surface area contributed by atoms with Crippen LogP contribution in [0.5, 0.6) is 5.75 Å². The van der Waals surface area contributed by atoms with Crippen LogP contribution in [0.15, 0.2) is 42.5 Å². The van der Waals surface area contributed by atoms with Crippen LogP contribution in [0.1, 0.15) is 84.0 Å². The van der Waals surface area contributed by atoms with E-state index in [2.05, 4.69) is 6.92 Å². The fraction of sp³-hybridized carbons (Fsp3) is 0.583. The Morgan fingerprint density at radius 3 is 1.83 bits per heavy atom. The van der Waals surface area contributed by atoms with Crippen molar-refractivity contribution in [3.05, 3.63) is 42.5 Å². The van der Waals surface area contributed by atoms with Crippen molar-refractivity contribution in [3.8, 4) is 5.75 Å². The summed E-state index contributed by atoms with van der Waals surface area (Å²) in [6.45, 7) is 2.25. The van der Waals surface area contributed by atoms with Crippen molar-refractivity contribution >= 4 is 72.3 Å². The summed E-state index contributed by atoms with van der Waals surface area (Å²) >= 11 is 0. The average Bonchev–Trinajstić information content (AvgIpc) is 2.69. The Hall–Kier alpha value is 0.0864. The van der Waals surface area contributed by atoms with Gasteiger partial charge in [-0.3, -0.25) is 0 Å². The molecule has 2 rings (SSSR count). The topological polar surface area (TPSA) is 43.4 Å². The second-order valence-corrected chi connectivity index (χ2v) is 9.40. The molecule has 0 saturated carbocycles. The first kappa shape index (κ1) is 27.1. The van der Waals surface area contributed by atoms with Gasteiger partial charge in [0.2, 0.25) is 0 Å². The molecule has 29 heavy (non-hydrogen) atoms. The van der Waals surface area contributed by atoms with Crippen LogP contribution in [0.25, 0.3) is 10.8 Å². The standard InChI is InChI=1S/C24H36O3S.K.H/c1-2-3-4-5-6-7-8-9-10-11-12-15-21-28(25,26)27-24-20-16-18-22-17-13-14-19-23(22)24;;/h13-14,16-20H,2-12,15,21H2,1H3;;. The van der Waals surface area contributed by atoms with Gasteiger partial charge in [-0.05, 0) is 17.9 Å². The van der Waals surface area contributed by atoms with Crippen molar-refractivity contribution in [2.75, 3.05) is 5.75 Å². The summed E-state index contributed by atoms with van der Waals surface area (Å²) in [6.07, 6.45) is 14.7. The van der Waals surface area contributed by atoms with Crippen molar-refractivity contribution in [1.29, 1.82) is 0 Å². The molecule has 0 N–H and O–H groups in total. The second kappa shape index (κ2) is 15.8. The number of hydrogen-bond acceptors (Lipinski definition) is 3. The van der Waals surface area contributed by atoms with E-state index in [0.717, 1.165) is 23.6 Å². The molecule has 0 aliphatic carbocycles. The number of hydrogen-bond donors (Lipinski definition) is 0. The van der Waals surface area contributed by atoms with E-state index in [1.54, 1.807) is 6.07 Å². The molecular weight excluding hydrogens is 407 g/mol. The van der Waals surface area contributed by atoms with Crippen molar-refractivity contribution in [3.63, 3.8) is 0 Å². The van der Waals surface area contributed by atoms with E-state index in [-0.39, 0.29) is 57.1 Å². The first-order valence-corrected chi connectivity index (χ1v) is 12.6. The van der Waals surface area contributed by atoms with Gasteiger partial charge in [0, 0.05) is 5.39 Å². The molecule has 0 saturated heterocycles. The number of fused-ring (bicyclic) bond motifs is 1. The van der Waals surface area contributed by atoms with Crippen molar-refractivity contribution in [2.24, 2.45) is 0 Å². The number of unbranched alkanes of at least 4 members (excludes halogenated alkanes) is 11. The first-order valence-electron chi connectivity index (χ1n) is 11.0. The Balaban J connectivity index is 0.00000420. The van der Waals surface area contributed by atoms with E-state index in [0.29, 0.717) is 12.2 Å². The Kier molecular flexibility index (Phi) is 14.8. The zero-order valence-corrected chi connectivity index (χ0v) is 18.2. The van der Waals surface area contributed by atoms with E-state index in [1.165, 1.54) is 57.8 Å². The van der Waals surface area contributed by atoms with Crippen LogP contribution < -0.4 is 4.18 Å². The van der Waals surface area contributed by atoms with E-state index < -0.39 is 10.1 Å². The SMILES string of the molecule is CCCCCCCCCCCCCCS(=O)(=O)Oc1cccc2ccccc12.[KH]. The van der Waals surface area contributed by atoms with E-state index in [1.807, 2.05) is 36.4 Å². The summed E-state index contributed by atoms with van der Waals surface area (Å²) in [7, 11) is -3.54. The predicted octanol–water partition coefficient (Wildman–Crippen LogP) is 6.60. The first-order chi connectivity index (χ1) is 13.6. The van der Waals surface area contributed by atoms with Crippen LogP contribution >= 0.6 is 0 Å². The third-order valence-electron chi connectivity index (χ3n) is 5.21. The molecule has 0 radical (unpaired) electrons. The van der Waals surface area contributed by atoms with Gasteiger partial charge in [-0.25, -0.2) is 0 Å². The number of rotatable bonds is 15. The van der Waals surface area contributed by atoms with Gasteiger partial charge in [-0.2, -0.15) is 8.42 Å². The maximum atomic E-state index is 12.3. The van der Waals surface area contributed by atoms with Crippen molar-refractivity contribution < 1.29 is 12.6 Å². The van der Waals surface area contributed by atoms with Crippen LogP contribution in [0.4, 0.5) is 0 Å². The molecule has 0 heterocycles. The summed E-state index contributed by atoms with van der Waals surface area (Å²) in [5.74, 6) is 0.519. The molecule has 2 aromatic carbocycles. The quantitative estimate of drug-likeness (QED) is 0.176. The normalized spacial score (nSPS) is 11.3. The van der Waals surface area contributed by atoms with Gasteiger partial charge in [-0.1, -0.05) is 114 Å². The second-order valence-electron chi connectivity index (χ2n) is 7.71. The summed E-state index contributed by atoms with van der Waals surface area (Å²) in [5.41, 5.74) is 0. The minimum atomic E-state index is -3.54. The molecule has 0 aromatic heterocycles.